The van der Waals surface area contributed by atoms with Crippen LogP contribution in [0.15, 0.2) is 27.8 Å². The zero-order valence-corrected chi connectivity index (χ0v) is 12.2. The van der Waals surface area contributed by atoms with Gasteiger partial charge in [0.25, 0.3) is 5.91 Å². The van der Waals surface area contributed by atoms with Crippen LogP contribution < -0.4 is 10.7 Å². The first-order valence-corrected chi connectivity index (χ1v) is 6.93. The SMILES string of the molecule is O=C1CCC(C(=O)NCCc2cc(Br)ccc2F)=NN1. The number of benzene rings is 1. The lowest BCUT2D eigenvalue weighted by atomic mass is 10.1. The van der Waals surface area contributed by atoms with E-state index in [9.17, 15) is 14.0 Å². The summed E-state index contributed by atoms with van der Waals surface area (Å²) in [6.07, 6.45) is 0.964. The fourth-order valence-electron chi connectivity index (χ4n) is 1.79. The molecule has 0 aliphatic carbocycles. The van der Waals surface area contributed by atoms with Crippen molar-refractivity contribution in [1.29, 1.82) is 0 Å². The number of carbonyl (C=O) groups excluding carboxylic acids is 2. The molecule has 0 saturated heterocycles. The van der Waals surface area contributed by atoms with Gasteiger partial charge in [-0.2, -0.15) is 5.10 Å². The van der Waals surface area contributed by atoms with Crippen molar-refractivity contribution in [3.05, 3.63) is 34.1 Å². The summed E-state index contributed by atoms with van der Waals surface area (Å²) >= 11 is 3.27. The summed E-state index contributed by atoms with van der Waals surface area (Å²) in [6, 6.07) is 4.68. The first kappa shape index (κ1) is 14.6. The second-order valence-electron chi connectivity index (χ2n) is 4.34. The summed E-state index contributed by atoms with van der Waals surface area (Å²) < 4.78 is 14.3. The van der Waals surface area contributed by atoms with Crippen molar-refractivity contribution in [3.63, 3.8) is 0 Å². The van der Waals surface area contributed by atoms with E-state index in [4.69, 9.17) is 0 Å². The third kappa shape index (κ3) is 3.86. The van der Waals surface area contributed by atoms with Crippen molar-refractivity contribution in [3.8, 4) is 0 Å². The van der Waals surface area contributed by atoms with Crippen LogP contribution in [0.3, 0.4) is 0 Å². The molecule has 0 unspecified atom stereocenters. The number of carbonyl (C=O) groups is 2. The fourth-order valence-corrected chi connectivity index (χ4v) is 2.19. The Morgan fingerprint density at radius 2 is 2.25 bits per heavy atom. The van der Waals surface area contributed by atoms with E-state index in [1.807, 2.05) is 0 Å². The van der Waals surface area contributed by atoms with Crippen LogP contribution in [0.4, 0.5) is 4.39 Å². The molecule has 1 heterocycles. The topological polar surface area (TPSA) is 70.6 Å². The second kappa shape index (κ2) is 6.60. The van der Waals surface area contributed by atoms with Gasteiger partial charge in [0.05, 0.1) is 0 Å². The molecule has 0 aromatic heterocycles. The Labute approximate surface area is 123 Å². The first-order chi connectivity index (χ1) is 9.56. The third-order valence-electron chi connectivity index (χ3n) is 2.85. The number of amides is 2. The van der Waals surface area contributed by atoms with Crippen molar-refractivity contribution in [2.24, 2.45) is 5.10 Å². The molecule has 5 nitrogen and oxygen atoms in total. The molecule has 0 saturated carbocycles. The summed E-state index contributed by atoms with van der Waals surface area (Å²) in [5.41, 5.74) is 3.08. The Kier molecular flexibility index (Phi) is 4.84. The predicted octanol–water partition coefficient (Wildman–Crippen LogP) is 1.51. The van der Waals surface area contributed by atoms with E-state index in [1.165, 1.54) is 6.07 Å². The average molecular weight is 342 g/mol. The molecule has 0 atom stereocenters. The second-order valence-corrected chi connectivity index (χ2v) is 5.25. The molecule has 20 heavy (non-hydrogen) atoms. The Bertz CT molecular complexity index is 575. The van der Waals surface area contributed by atoms with E-state index in [0.29, 0.717) is 30.7 Å². The van der Waals surface area contributed by atoms with Crippen LogP contribution in [-0.4, -0.2) is 24.1 Å². The minimum Gasteiger partial charge on any atom is -0.351 e. The zero-order valence-electron chi connectivity index (χ0n) is 10.6. The van der Waals surface area contributed by atoms with Crippen LogP contribution in [0, 0.1) is 5.82 Å². The Morgan fingerprint density at radius 3 is 2.95 bits per heavy atom. The van der Waals surface area contributed by atoms with Crippen LogP contribution in [-0.2, 0) is 16.0 Å². The Hall–Kier alpha value is -1.76. The lowest BCUT2D eigenvalue weighted by molar-refractivity contribution is -0.121. The van der Waals surface area contributed by atoms with Crippen molar-refractivity contribution in [2.75, 3.05) is 6.54 Å². The molecule has 7 heteroatoms. The lowest BCUT2D eigenvalue weighted by Gasteiger charge is -2.12. The molecule has 2 amide bonds. The molecule has 1 aromatic rings. The van der Waals surface area contributed by atoms with Gasteiger partial charge in [-0.15, -0.1) is 0 Å². The van der Waals surface area contributed by atoms with E-state index in [0.717, 1.165) is 4.47 Å². The van der Waals surface area contributed by atoms with Gasteiger partial charge in [-0.3, -0.25) is 9.59 Å². The molecule has 0 fully saturated rings. The van der Waals surface area contributed by atoms with Gasteiger partial charge in [0.2, 0.25) is 5.91 Å². The Morgan fingerprint density at radius 1 is 1.45 bits per heavy atom. The highest BCUT2D eigenvalue weighted by atomic mass is 79.9. The molecular weight excluding hydrogens is 329 g/mol. The number of hydrazone groups is 1. The predicted molar refractivity (Wildman–Crippen MR) is 75.6 cm³/mol. The minimum absolute atomic E-state index is 0.197. The van der Waals surface area contributed by atoms with E-state index < -0.39 is 0 Å². The van der Waals surface area contributed by atoms with Gasteiger partial charge in [0, 0.05) is 23.9 Å². The number of nitrogens with one attached hydrogen (secondary N) is 2. The Balaban J connectivity index is 1.85. The standard InChI is InChI=1S/C13H13BrFN3O2/c14-9-1-2-10(15)8(7-9)5-6-16-13(20)11-3-4-12(19)18-17-11/h1-2,7H,3-6H2,(H,16,20)(H,18,19). The van der Waals surface area contributed by atoms with Crippen LogP contribution in [0.2, 0.25) is 0 Å². The van der Waals surface area contributed by atoms with Gasteiger partial charge >= 0.3 is 0 Å². The van der Waals surface area contributed by atoms with Crippen molar-refractivity contribution >= 4 is 33.5 Å². The maximum Gasteiger partial charge on any atom is 0.267 e. The lowest BCUT2D eigenvalue weighted by Crippen LogP contribution is -2.37. The van der Waals surface area contributed by atoms with Crippen LogP contribution in [0.1, 0.15) is 18.4 Å². The van der Waals surface area contributed by atoms with E-state index >= 15 is 0 Å². The van der Waals surface area contributed by atoms with Gasteiger partial charge in [-0.1, -0.05) is 15.9 Å². The van der Waals surface area contributed by atoms with Crippen LogP contribution in [0.25, 0.3) is 0 Å². The summed E-state index contributed by atoms with van der Waals surface area (Å²) in [5, 5.41) is 6.35. The van der Waals surface area contributed by atoms with Crippen molar-refractivity contribution < 1.29 is 14.0 Å². The van der Waals surface area contributed by atoms with Gasteiger partial charge in [0.1, 0.15) is 11.5 Å². The summed E-state index contributed by atoms with van der Waals surface area (Å²) in [4.78, 5) is 22.7. The highest BCUT2D eigenvalue weighted by Crippen LogP contribution is 2.15. The number of halogens is 2. The van der Waals surface area contributed by atoms with Gasteiger partial charge in [-0.25, -0.2) is 9.82 Å². The first-order valence-electron chi connectivity index (χ1n) is 6.14. The molecule has 1 aromatic carbocycles. The molecule has 0 spiro atoms. The van der Waals surface area contributed by atoms with Crippen molar-refractivity contribution in [2.45, 2.75) is 19.3 Å². The molecule has 0 radical (unpaired) electrons. The monoisotopic (exact) mass is 341 g/mol. The molecule has 1 aliphatic heterocycles. The maximum absolute atomic E-state index is 13.5. The number of rotatable bonds is 4. The molecule has 0 bridgehead atoms. The number of hydrogen-bond donors (Lipinski definition) is 2. The molecule has 106 valence electrons. The van der Waals surface area contributed by atoms with Crippen LogP contribution in [0.5, 0.6) is 0 Å². The zero-order chi connectivity index (χ0) is 14.5. The van der Waals surface area contributed by atoms with Gasteiger partial charge in [-0.05, 0) is 30.2 Å². The maximum atomic E-state index is 13.5. The van der Waals surface area contributed by atoms with E-state index in [1.54, 1.807) is 12.1 Å². The largest absolute Gasteiger partial charge is 0.351 e. The number of hydrogen-bond acceptors (Lipinski definition) is 3. The summed E-state index contributed by atoms with van der Waals surface area (Å²) in [6.45, 7) is 0.305. The smallest absolute Gasteiger partial charge is 0.267 e. The molecule has 1 aliphatic rings. The molecular formula is C13H13BrFN3O2. The minimum atomic E-state index is -0.333. The number of nitrogens with zero attached hydrogens (tertiary/aromatic N) is 1. The normalized spacial score (nSPS) is 14.5. The summed E-state index contributed by atoms with van der Waals surface area (Å²) in [7, 11) is 0. The third-order valence-corrected chi connectivity index (χ3v) is 3.35. The average Bonchev–Trinajstić information content (AvgIpc) is 2.43. The van der Waals surface area contributed by atoms with Crippen molar-refractivity contribution in [1.82, 2.24) is 10.7 Å². The fraction of sp³-hybridized carbons (Fsp3) is 0.308. The van der Waals surface area contributed by atoms with Gasteiger partial charge in [0.15, 0.2) is 0 Å². The highest BCUT2D eigenvalue weighted by Gasteiger charge is 2.17. The quantitative estimate of drug-likeness (QED) is 0.871. The summed E-state index contributed by atoms with van der Waals surface area (Å²) in [5.74, 6) is -0.831. The molecule has 2 N–H and O–H groups in total. The van der Waals surface area contributed by atoms with E-state index in [2.05, 4.69) is 31.8 Å². The van der Waals surface area contributed by atoms with Gasteiger partial charge < -0.3 is 5.32 Å². The molecule has 2 rings (SSSR count). The highest BCUT2D eigenvalue weighted by molar-refractivity contribution is 9.10. The van der Waals surface area contributed by atoms with E-state index in [-0.39, 0.29) is 24.1 Å². The van der Waals surface area contributed by atoms with Crippen LogP contribution >= 0.6 is 15.9 Å².